The quantitative estimate of drug-likeness (QED) is 0.841. The van der Waals surface area contributed by atoms with Gasteiger partial charge in [0.1, 0.15) is 5.54 Å². The van der Waals surface area contributed by atoms with Crippen molar-refractivity contribution in [3.8, 4) is 0 Å². The molecule has 0 unspecified atom stereocenters. The first-order valence-electron chi connectivity index (χ1n) is 8.97. The molecule has 2 aliphatic heterocycles. The van der Waals surface area contributed by atoms with Crippen LogP contribution in [0.15, 0.2) is 12.4 Å². The summed E-state index contributed by atoms with van der Waals surface area (Å²) in [5.41, 5.74) is 1.02. The summed E-state index contributed by atoms with van der Waals surface area (Å²) < 4.78 is 0. The number of imide groups is 1. The number of urea groups is 1. The van der Waals surface area contributed by atoms with Crippen molar-refractivity contribution < 1.29 is 9.59 Å². The maximum Gasteiger partial charge on any atom is 0.325 e. The molecule has 1 aromatic rings. The van der Waals surface area contributed by atoms with E-state index in [2.05, 4.69) is 20.2 Å². The number of nitrogens with zero attached hydrogens (tertiary/aromatic N) is 4. The van der Waals surface area contributed by atoms with Crippen LogP contribution in [0, 0.1) is 12.8 Å². The van der Waals surface area contributed by atoms with Crippen molar-refractivity contribution in [2.75, 3.05) is 13.1 Å². The van der Waals surface area contributed by atoms with Gasteiger partial charge in [-0.05, 0) is 47.1 Å². The second kappa shape index (κ2) is 6.71. The number of nitrogens with one attached hydrogen (secondary N) is 1. The van der Waals surface area contributed by atoms with Crippen molar-refractivity contribution in [3.05, 3.63) is 23.8 Å². The van der Waals surface area contributed by atoms with E-state index in [1.54, 1.807) is 6.20 Å². The van der Waals surface area contributed by atoms with Gasteiger partial charge >= 0.3 is 6.03 Å². The van der Waals surface area contributed by atoms with Gasteiger partial charge in [-0.1, -0.05) is 0 Å². The number of piperidine rings is 1. The van der Waals surface area contributed by atoms with E-state index >= 15 is 0 Å². The van der Waals surface area contributed by atoms with Crippen molar-refractivity contribution >= 4 is 11.9 Å². The van der Waals surface area contributed by atoms with E-state index in [0.717, 1.165) is 43.9 Å². The third kappa shape index (κ3) is 3.38. The highest BCUT2D eigenvalue weighted by Crippen LogP contribution is 2.33. The minimum absolute atomic E-state index is 0.0971. The van der Waals surface area contributed by atoms with Crippen molar-refractivity contribution in [3.63, 3.8) is 0 Å². The van der Waals surface area contributed by atoms with E-state index < -0.39 is 5.54 Å². The lowest BCUT2D eigenvalue weighted by Crippen LogP contribution is -2.56. The summed E-state index contributed by atoms with van der Waals surface area (Å²) in [6.45, 7) is 9.98. The Hall–Kier alpha value is -2.02. The maximum absolute atomic E-state index is 12.9. The fraction of sp³-hybridized carbons (Fsp3) is 0.667. The summed E-state index contributed by atoms with van der Waals surface area (Å²) in [4.78, 5) is 37.5. The van der Waals surface area contributed by atoms with Crippen LogP contribution in [0.4, 0.5) is 4.79 Å². The lowest BCUT2D eigenvalue weighted by atomic mass is 9.79. The number of aryl methyl sites for hydroxylation is 1. The van der Waals surface area contributed by atoms with Crippen LogP contribution in [0.2, 0.25) is 0 Å². The van der Waals surface area contributed by atoms with Gasteiger partial charge in [-0.25, -0.2) is 4.79 Å². The summed E-state index contributed by atoms with van der Waals surface area (Å²) in [5.74, 6) is -0.00525. The van der Waals surface area contributed by atoms with Crippen molar-refractivity contribution in [1.29, 1.82) is 0 Å². The number of carbonyl (C=O) groups excluding carboxylic acids is 2. The van der Waals surface area contributed by atoms with Gasteiger partial charge in [-0.15, -0.1) is 0 Å². The third-order valence-corrected chi connectivity index (χ3v) is 5.31. The molecule has 3 amide bonds. The molecule has 0 bridgehead atoms. The van der Waals surface area contributed by atoms with E-state index in [4.69, 9.17) is 0 Å². The summed E-state index contributed by atoms with van der Waals surface area (Å²) in [7, 11) is 0. The topological polar surface area (TPSA) is 78.4 Å². The molecule has 1 N–H and O–H groups in total. The molecule has 2 aliphatic rings. The smallest absolute Gasteiger partial charge is 0.323 e. The summed E-state index contributed by atoms with van der Waals surface area (Å²) in [6.07, 6.45) is 5.53. The molecule has 7 nitrogen and oxygen atoms in total. The van der Waals surface area contributed by atoms with Crippen LogP contribution < -0.4 is 5.32 Å². The average molecular weight is 345 g/mol. The second-order valence-electron chi connectivity index (χ2n) is 7.62. The minimum atomic E-state index is -0.820. The third-order valence-electron chi connectivity index (χ3n) is 5.31. The Balaban J connectivity index is 1.71. The predicted molar refractivity (Wildman–Crippen MR) is 93.7 cm³/mol. The highest BCUT2D eigenvalue weighted by Gasteiger charge is 2.53. The predicted octanol–water partition coefficient (Wildman–Crippen LogP) is 1.72. The van der Waals surface area contributed by atoms with Crippen molar-refractivity contribution in [2.24, 2.45) is 5.92 Å². The number of rotatable bonds is 4. The molecule has 0 spiro atoms. The Morgan fingerprint density at radius 2 is 2.08 bits per heavy atom. The first-order chi connectivity index (χ1) is 11.8. The molecular formula is C18H27N5O2. The van der Waals surface area contributed by atoms with Gasteiger partial charge in [-0.2, -0.15) is 0 Å². The van der Waals surface area contributed by atoms with Gasteiger partial charge in [0.2, 0.25) is 0 Å². The lowest BCUT2D eigenvalue weighted by Gasteiger charge is -2.39. The molecule has 2 atom stereocenters. The van der Waals surface area contributed by atoms with Crippen LogP contribution >= 0.6 is 0 Å². The van der Waals surface area contributed by atoms with Crippen molar-refractivity contribution in [1.82, 2.24) is 25.1 Å². The van der Waals surface area contributed by atoms with Crippen LogP contribution in [-0.4, -0.2) is 56.4 Å². The van der Waals surface area contributed by atoms with Gasteiger partial charge in [0.15, 0.2) is 0 Å². The molecule has 0 saturated carbocycles. The Labute approximate surface area is 148 Å². The normalized spacial score (nSPS) is 27.9. The van der Waals surface area contributed by atoms with Gasteiger partial charge in [0.05, 0.1) is 11.4 Å². The molecule has 0 aliphatic carbocycles. The SMILES string of the molecule is Cc1cnc(CN2CCC[C@H]([C@@]3(C)NC(=O)N(C(C)C)C3=O)C2)cn1. The zero-order valence-electron chi connectivity index (χ0n) is 15.5. The van der Waals surface area contributed by atoms with Crippen LogP contribution in [0.5, 0.6) is 0 Å². The molecule has 1 aromatic heterocycles. The van der Waals surface area contributed by atoms with E-state index in [-0.39, 0.29) is 23.9 Å². The fourth-order valence-corrected chi connectivity index (χ4v) is 3.82. The molecular weight excluding hydrogens is 318 g/mol. The van der Waals surface area contributed by atoms with Gasteiger partial charge < -0.3 is 5.32 Å². The summed E-state index contributed by atoms with van der Waals surface area (Å²) in [5, 5.41) is 2.96. The standard InChI is InChI=1S/C18H27N5O2/c1-12(2)23-16(24)18(4,21-17(23)25)14-6-5-7-22(10-14)11-15-9-19-13(3)8-20-15/h8-9,12,14H,5-7,10-11H2,1-4H3,(H,21,25)/t14-,18+/m0/s1. The van der Waals surface area contributed by atoms with E-state index in [0.29, 0.717) is 0 Å². The first-order valence-corrected chi connectivity index (χ1v) is 8.97. The summed E-state index contributed by atoms with van der Waals surface area (Å²) in [6, 6.07) is -0.402. The van der Waals surface area contributed by atoms with E-state index in [1.165, 1.54) is 4.90 Å². The average Bonchev–Trinajstić information content (AvgIpc) is 2.80. The van der Waals surface area contributed by atoms with Gasteiger partial charge in [0, 0.05) is 37.4 Å². The van der Waals surface area contributed by atoms with E-state index in [9.17, 15) is 9.59 Å². The summed E-state index contributed by atoms with van der Waals surface area (Å²) >= 11 is 0. The molecule has 0 radical (unpaired) electrons. The first kappa shape index (κ1) is 17.8. The lowest BCUT2D eigenvalue weighted by molar-refractivity contribution is -0.134. The molecule has 3 heterocycles. The highest BCUT2D eigenvalue weighted by atomic mass is 16.2. The van der Waals surface area contributed by atoms with E-state index in [1.807, 2.05) is 33.9 Å². The molecule has 2 saturated heterocycles. The Morgan fingerprint density at radius 3 is 2.68 bits per heavy atom. The molecule has 25 heavy (non-hydrogen) atoms. The Bertz CT molecular complexity index is 660. The molecule has 7 heteroatoms. The zero-order valence-corrected chi connectivity index (χ0v) is 15.5. The molecule has 0 aromatic carbocycles. The number of hydrogen-bond donors (Lipinski definition) is 1. The van der Waals surface area contributed by atoms with Gasteiger partial charge in [0.25, 0.3) is 5.91 Å². The van der Waals surface area contributed by atoms with Crippen molar-refractivity contribution in [2.45, 2.75) is 58.7 Å². The van der Waals surface area contributed by atoms with Crippen LogP contribution in [0.25, 0.3) is 0 Å². The van der Waals surface area contributed by atoms with Crippen LogP contribution in [0.1, 0.15) is 45.0 Å². The second-order valence-corrected chi connectivity index (χ2v) is 7.62. The largest absolute Gasteiger partial charge is 0.325 e. The highest BCUT2D eigenvalue weighted by molar-refractivity contribution is 6.07. The Kier molecular flexibility index (Phi) is 4.77. The monoisotopic (exact) mass is 345 g/mol. The zero-order chi connectivity index (χ0) is 18.2. The molecule has 136 valence electrons. The molecule has 2 fully saturated rings. The number of hydrogen-bond acceptors (Lipinski definition) is 5. The van der Waals surface area contributed by atoms with Gasteiger partial charge in [-0.3, -0.25) is 24.6 Å². The maximum atomic E-state index is 12.9. The molecule has 3 rings (SSSR count). The number of amides is 3. The number of aromatic nitrogens is 2. The Morgan fingerprint density at radius 1 is 1.32 bits per heavy atom. The fourth-order valence-electron chi connectivity index (χ4n) is 3.82. The number of carbonyl (C=O) groups is 2. The van der Waals surface area contributed by atoms with Crippen LogP contribution in [-0.2, 0) is 11.3 Å². The number of likely N-dealkylation sites (tertiary alicyclic amines) is 1. The van der Waals surface area contributed by atoms with Crippen LogP contribution in [0.3, 0.4) is 0 Å². The minimum Gasteiger partial charge on any atom is -0.323 e.